The van der Waals surface area contributed by atoms with Gasteiger partial charge < -0.3 is 15.5 Å². The van der Waals surface area contributed by atoms with Crippen LogP contribution in [-0.4, -0.2) is 55.0 Å². The SMILES string of the molecule is CCCCCCNC(=NCC(=O)N(C)CCc1ccccn1)NCC. The van der Waals surface area contributed by atoms with Crippen molar-refractivity contribution >= 4 is 11.9 Å². The van der Waals surface area contributed by atoms with E-state index in [-0.39, 0.29) is 12.5 Å². The zero-order valence-corrected chi connectivity index (χ0v) is 15.9. The maximum absolute atomic E-state index is 12.2. The highest BCUT2D eigenvalue weighted by Gasteiger charge is 2.09. The zero-order chi connectivity index (χ0) is 18.3. The summed E-state index contributed by atoms with van der Waals surface area (Å²) in [5, 5.41) is 6.47. The number of nitrogens with zero attached hydrogens (tertiary/aromatic N) is 3. The Balaban J connectivity index is 2.35. The third-order valence-electron chi connectivity index (χ3n) is 3.89. The molecule has 1 aromatic heterocycles. The molecule has 0 aromatic carbocycles. The highest BCUT2D eigenvalue weighted by molar-refractivity contribution is 5.84. The number of hydrogen-bond acceptors (Lipinski definition) is 3. The van der Waals surface area contributed by atoms with E-state index in [1.807, 2.05) is 32.2 Å². The topological polar surface area (TPSA) is 69.6 Å². The van der Waals surface area contributed by atoms with Gasteiger partial charge in [0.15, 0.2) is 5.96 Å². The van der Waals surface area contributed by atoms with Gasteiger partial charge in [0.05, 0.1) is 0 Å². The lowest BCUT2D eigenvalue weighted by atomic mass is 10.2. The lowest BCUT2D eigenvalue weighted by Crippen LogP contribution is -2.39. The van der Waals surface area contributed by atoms with Crippen LogP contribution >= 0.6 is 0 Å². The number of carbonyl (C=O) groups excluding carboxylic acids is 1. The molecule has 0 bridgehead atoms. The largest absolute Gasteiger partial charge is 0.357 e. The van der Waals surface area contributed by atoms with Crippen molar-refractivity contribution in [3.05, 3.63) is 30.1 Å². The molecule has 0 saturated carbocycles. The standard InChI is InChI=1S/C19H33N5O/c1-4-6-7-9-14-22-19(20-5-2)23-16-18(25)24(3)15-12-17-11-8-10-13-21-17/h8,10-11,13H,4-7,9,12,14-16H2,1-3H3,(H2,20,22,23). The van der Waals surface area contributed by atoms with Gasteiger partial charge in [0.1, 0.15) is 6.54 Å². The molecule has 1 amide bonds. The van der Waals surface area contributed by atoms with Crippen LogP contribution in [0.15, 0.2) is 29.4 Å². The number of unbranched alkanes of at least 4 members (excludes halogenated alkanes) is 3. The van der Waals surface area contributed by atoms with Gasteiger partial charge in [0, 0.05) is 45.0 Å². The molecule has 0 unspecified atom stereocenters. The van der Waals surface area contributed by atoms with Crippen molar-refractivity contribution in [2.75, 3.05) is 33.2 Å². The predicted octanol–water partition coefficient (Wildman–Crippen LogP) is 2.22. The van der Waals surface area contributed by atoms with E-state index in [1.165, 1.54) is 19.3 Å². The maximum atomic E-state index is 12.2. The summed E-state index contributed by atoms with van der Waals surface area (Å²) < 4.78 is 0. The third-order valence-corrected chi connectivity index (χ3v) is 3.89. The van der Waals surface area contributed by atoms with Crippen molar-refractivity contribution in [2.45, 2.75) is 46.0 Å². The van der Waals surface area contributed by atoms with E-state index >= 15 is 0 Å². The first-order valence-electron chi connectivity index (χ1n) is 9.33. The summed E-state index contributed by atoms with van der Waals surface area (Å²) in [5.41, 5.74) is 0.993. The molecule has 140 valence electrons. The molecule has 0 aliphatic heterocycles. The molecule has 0 fully saturated rings. The summed E-state index contributed by atoms with van der Waals surface area (Å²) in [5.74, 6) is 0.726. The number of amides is 1. The Kier molecular flexibility index (Phi) is 11.1. The van der Waals surface area contributed by atoms with E-state index in [0.717, 1.165) is 31.6 Å². The van der Waals surface area contributed by atoms with Crippen molar-refractivity contribution in [3.8, 4) is 0 Å². The molecule has 0 atom stereocenters. The molecule has 2 N–H and O–H groups in total. The molecule has 0 spiro atoms. The molecular formula is C19H33N5O. The summed E-state index contributed by atoms with van der Waals surface area (Å²) >= 11 is 0. The average molecular weight is 348 g/mol. The second-order valence-electron chi connectivity index (χ2n) is 6.07. The van der Waals surface area contributed by atoms with E-state index in [1.54, 1.807) is 11.1 Å². The number of pyridine rings is 1. The Bertz CT molecular complexity index is 504. The average Bonchev–Trinajstić information content (AvgIpc) is 2.64. The van der Waals surface area contributed by atoms with Gasteiger partial charge in [-0.3, -0.25) is 9.78 Å². The van der Waals surface area contributed by atoms with Crippen LogP contribution in [0.1, 0.15) is 45.2 Å². The summed E-state index contributed by atoms with van der Waals surface area (Å²) in [7, 11) is 1.81. The van der Waals surface area contributed by atoms with Crippen LogP contribution in [0.2, 0.25) is 0 Å². The molecule has 0 aliphatic rings. The number of likely N-dealkylation sites (N-methyl/N-ethyl adjacent to an activating group) is 1. The number of guanidine groups is 1. The quantitative estimate of drug-likeness (QED) is 0.366. The minimum atomic E-state index is 0.0131. The fourth-order valence-corrected chi connectivity index (χ4v) is 2.32. The van der Waals surface area contributed by atoms with Gasteiger partial charge in [-0.25, -0.2) is 4.99 Å². The molecule has 0 saturated heterocycles. The molecular weight excluding hydrogens is 314 g/mol. The maximum Gasteiger partial charge on any atom is 0.244 e. The second-order valence-corrected chi connectivity index (χ2v) is 6.07. The molecule has 1 aromatic rings. The van der Waals surface area contributed by atoms with Gasteiger partial charge in [-0.1, -0.05) is 32.3 Å². The summed E-state index contributed by atoms with van der Waals surface area (Å²) in [6.45, 7) is 6.69. The Labute approximate surface area is 152 Å². The van der Waals surface area contributed by atoms with Gasteiger partial charge in [0.25, 0.3) is 0 Å². The first-order chi connectivity index (χ1) is 12.2. The van der Waals surface area contributed by atoms with Gasteiger partial charge in [-0.05, 0) is 25.5 Å². The highest BCUT2D eigenvalue weighted by Crippen LogP contribution is 1.98. The Morgan fingerprint density at radius 3 is 2.72 bits per heavy atom. The number of aliphatic imine (C=N–C) groups is 1. The van der Waals surface area contributed by atoms with E-state index in [9.17, 15) is 4.79 Å². The van der Waals surface area contributed by atoms with Crippen molar-refractivity contribution in [2.24, 2.45) is 4.99 Å². The van der Waals surface area contributed by atoms with Gasteiger partial charge in [-0.2, -0.15) is 0 Å². The summed E-state index contributed by atoms with van der Waals surface area (Å²) in [6, 6.07) is 5.83. The van der Waals surface area contributed by atoms with Crippen LogP contribution in [0.25, 0.3) is 0 Å². The van der Waals surface area contributed by atoms with Gasteiger partial charge >= 0.3 is 0 Å². The smallest absolute Gasteiger partial charge is 0.244 e. The van der Waals surface area contributed by atoms with Crippen molar-refractivity contribution < 1.29 is 4.79 Å². The molecule has 1 rings (SSSR count). The number of hydrogen-bond donors (Lipinski definition) is 2. The van der Waals surface area contributed by atoms with Crippen molar-refractivity contribution in [3.63, 3.8) is 0 Å². The van der Waals surface area contributed by atoms with Crippen LogP contribution in [-0.2, 0) is 11.2 Å². The molecule has 0 radical (unpaired) electrons. The lowest BCUT2D eigenvalue weighted by Gasteiger charge is -2.16. The Hall–Kier alpha value is -2.11. The van der Waals surface area contributed by atoms with Crippen LogP contribution in [0.5, 0.6) is 0 Å². The number of rotatable bonds is 11. The number of aromatic nitrogens is 1. The summed E-state index contributed by atoms with van der Waals surface area (Å²) in [6.07, 6.45) is 7.36. The zero-order valence-electron chi connectivity index (χ0n) is 15.9. The Morgan fingerprint density at radius 2 is 2.04 bits per heavy atom. The number of carbonyl (C=O) groups is 1. The van der Waals surface area contributed by atoms with Crippen LogP contribution in [0, 0.1) is 0 Å². The fourth-order valence-electron chi connectivity index (χ4n) is 2.32. The van der Waals surface area contributed by atoms with E-state index in [2.05, 4.69) is 27.5 Å². The first kappa shape index (κ1) is 20.9. The van der Waals surface area contributed by atoms with Crippen LogP contribution < -0.4 is 10.6 Å². The van der Waals surface area contributed by atoms with Crippen molar-refractivity contribution in [1.82, 2.24) is 20.5 Å². The molecule has 0 aliphatic carbocycles. The van der Waals surface area contributed by atoms with Gasteiger partial charge in [-0.15, -0.1) is 0 Å². The number of nitrogens with one attached hydrogen (secondary N) is 2. The minimum absolute atomic E-state index is 0.0131. The van der Waals surface area contributed by atoms with Crippen LogP contribution in [0.4, 0.5) is 0 Å². The molecule has 1 heterocycles. The normalized spacial score (nSPS) is 11.2. The fraction of sp³-hybridized carbons (Fsp3) is 0.632. The van der Waals surface area contributed by atoms with E-state index in [4.69, 9.17) is 0 Å². The lowest BCUT2D eigenvalue weighted by molar-refractivity contribution is -0.128. The van der Waals surface area contributed by atoms with E-state index in [0.29, 0.717) is 12.5 Å². The first-order valence-corrected chi connectivity index (χ1v) is 9.33. The monoisotopic (exact) mass is 347 g/mol. The third kappa shape index (κ3) is 9.69. The molecule has 25 heavy (non-hydrogen) atoms. The van der Waals surface area contributed by atoms with E-state index < -0.39 is 0 Å². The minimum Gasteiger partial charge on any atom is -0.357 e. The Morgan fingerprint density at radius 1 is 1.20 bits per heavy atom. The second kappa shape index (κ2) is 13.2. The molecule has 6 nitrogen and oxygen atoms in total. The summed E-state index contributed by atoms with van der Waals surface area (Å²) in [4.78, 5) is 22.6. The highest BCUT2D eigenvalue weighted by atomic mass is 16.2. The van der Waals surface area contributed by atoms with Crippen molar-refractivity contribution in [1.29, 1.82) is 0 Å². The predicted molar refractivity (Wildman–Crippen MR) is 104 cm³/mol. The van der Waals surface area contributed by atoms with Crippen LogP contribution in [0.3, 0.4) is 0 Å². The molecule has 6 heteroatoms. The van der Waals surface area contributed by atoms with Gasteiger partial charge in [0.2, 0.25) is 5.91 Å².